The highest BCUT2D eigenvalue weighted by atomic mass is 19.1. The molecule has 2 nitrogen and oxygen atoms in total. The summed E-state index contributed by atoms with van der Waals surface area (Å²) >= 11 is 0. The van der Waals surface area contributed by atoms with Crippen LogP contribution in [-0.2, 0) is 11.2 Å². The third kappa shape index (κ3) is 2.73. The van der Waals surface area contributed by atoms with Crippen molar-refractivity contribution in [1.29, 1.82) is 0 Å². The summed E-state index contributed by atoms with van der Waals surface area (Å²) in [5, 5.41) is 0. The van der Waals surface area contributed by atoms with Gasteiger partial charge >= 0.3 is 0 Å². The van der Waals surface area contributed by atoms with E-state index in [-0.39, 0.29) is 11.9 Å². The SMILES string of the molecule is CCc1ccc(F)cc1OC1CCOCC1. The Bertz CT molecular complexity index is 346. The third-order valence-electron chi connectivity index (χ3n) is 2.87. The standard InChI is InChI=1S/C13H17FO2/c1-2-10-3-4-11(14)9-13(10)16-12-5-7-15-8-6-12/h3-4,9,12H,2,5-8H2,1H3. The number of hydrogen-bond acceptors (Lipinski definition) is 2. The van der Waals surface area contributed by atoms with E-state index in [9.17, 15) is 4.39 Å². The first-order valence-corrected chi connectivity index (χ1v) is 5.82. The molecule has 0 radical (unpaired) electrons. The molecular formula is C13H17FO2. The Morgan fingerprint density at radius 1 is 1.38 bits per heavy atom. The van der Waals surface area contributed by atoms with Crippen molar-refractivity contribution in [3.05, 3.63) is 29.6 Å². The molecule has 1 aromatic rings. The van der Waals surface area contributed by atoms with Gasteiger partial charge in [-0.3, -0.25) is 0 Å². The molecule has 88 valence electrons. The van der Waals surface area contributed by atoms with Crippen LogP contribution in [0, 0.1) is 5.82 Å². The van der Waals surface area contributed by atoms with E-state index in [0.717, 1.165) is 38.0 Å². The lowest BCUT2D eigenvalue weighted by Crippen LogP contribution is -2.26. The van der Waals surface area contributed by atoms with Gasteiger partial charge in [0.1, 0.15) is 17.7 Å². The van der Waals surface area contributed by atoms with E-state index in [0.29, 0.717) is 5.75 Å². The molecule has 1 heterocycles. The molecule has 1 aliphatic heterocycles. The molecule has 16 heavy (non-hydrogen) atoms. The van der Waals surface area contributed by atoms with Crippen LogP contribution in [0.25, 0.3) is 0 Å². The topological polar surface area (TPSA) is 18.5 Å². The van der Waals surface area contributed by atoms with Gasteiger partial charge in [-0.25, -0.2) is 4.39 Å². The molecular weight excluding hydrogens is 207 g/mol. The second-order valence-electron chi connectivity index (χ2n) is 4.04. The number of ether oxygens (including phenoxy) is 2. The van der Waals surface area contributed by atoms with Gasteiger partial charge in [0.2, 0.25) is 0 Å². The minimum atomic E-state index is -0.237. The molecule has 0 aliphatic carbocycles. The normalized spacial score (nSPS) is 17.4. The molecule has 1 aromatic carbocycles. The van der Waals surface area contributed by atoms with Crippen molar-refractivity contribution in [1.82, 2.24) is 0 Å². The molecule has 1 saturated heterocycles. The van der Waals surface area contributed by atoms with Gasteiger partial charge in [-0.15, -0.1) is 0 Å². The molecule has 3 heteroatoms. The number of halogens is 1. The molecule has 0 aromatic heterocycles. The fourth-order valence-electron chi connectivity index (χ4n) is 1.90. The van der Waals surface area contributed by atoms with E-state index < -0.39 is 0 Å². The maximum Gasteiger partial charge on any atom is 0.126 e. The molecule has 0 unspecified atom stereocenters. The number of aryl methyl sites for hydroxylation is 1. The largest absolute Gasteiger partial charge is 0.490 e. The lowest BCUT2D eigenvalue weighted by atomic mass is 10.1. The Hall–Kier alpha value is -1.09. The van der Waals surface area contributed by atoms with Gasteiger partial charge in [0.25, 0.3) is 0 Å². The predicted molar refractivity (Wildman–Crippen MR) is 60.2 cm³/mol. The molecule has 1 aliphatic rings. The smallest absolute Gasteiger partial charge is 0.126 e. The summed E-state index contributed by atoms with van der Waals surface area (Å²) in [7, 11) is 0. The van der Waals surface area contributed by atoms with Crippen LogP contribution in [0.1, 0.15) is 25.3 Å². The van der Waals surface area contributed by atoms with Gasteiger partial charge in [0, 0.05) is 18.9 Å². The summed E-state index contributed by atoms with van der Waals surface area (Å²) in [6, 6.07) is 4.76. The first kappa shape index (κ1) is 11.4. The summed E-state index contributed by atoms with van der Waals surface area (Å²) in [4.78, 5) is 0. The van der Waals surface area contributed by atoms with E-state index in [2.05, 4.69) is 0 Å². The molecule has 1 fully saturated rings. The monoisotopic (exact) mass is 224 g/mol. The van der Waals surface area contributed by atoms with Gasteiger partial charge in [-0.1, -0.05) is 13.0 Å². The van der Waals surface area contributed by atoms with Crippen molar-refractivity contribution in [2.75, 3.05) is 13.2 Å². The van der Waals surface area contributed by atoms with Gasteiger partial charge < -0.3 is 9.47 Å². The fraction of sp³-hybridized carbons (Fsp3) is 0.538. The quantitative estimate of drug-likeness (QED) is 0.786. The first-order chi connectivity index (χ1) is 7.79. The zero-order valence-corrected chi connectivity index (χ0v) is 9.54. The Kier molecular flexibility index (Phi) is 3.78. The lowest BCUT2D eigenvalue weighted by molar-refractivity contribution is 0.0251. The van der Waals surface area contributed by atoms with E-state index in [4.69, 9.17) is 9.47 Å². The van der Waals surface area contributed by atoms with Crippen molar-refractivity contribution in [2.24, 2.45) is 0 Å². The second-order valence-corrected chi connectivity index (χ2v) is 4.04. The Morgan fingerprint density at radius 3 is 2.81 bits per heavy atom. The summed E-state index contributed by atoms with van der Waals surface area (Å²) in [5.41, 5.74) is 1.06. The third-order valence-corrected chi connectivity index (χ3v) is 2.87. The van der Waals surface area contributed by atoms with Crippen molar-refractivity contribution in [3.8, 4) is 5.75 Å². The number of benzene rings is 1. The van der Waals surface area contributed by atoms with Gasteiger partial charge in [-0.2, -0.15) is 0 Å². The van der Waals surface area contributed by atoms with Crippen molar-refractivity contribution < 1.29 is 13.9 Å². The van der Waals surface area contributed by atoms with Crippen LogP contribution < -0.4 is 4.74 Å². The highest BCUT2D eigenvalue weighted by molar-refractivity contribution is 5.34. The van der Waals surface area contributed by atoms with Crippen LogP contribution in [0.15, 0.2) is 18.2 Å². The highest BCUT2D eigenvalue weighted by Crippen LogP contribution is 2.24. The van der Waals surface area contributed by atoms with Gasteiger partial charge in [0.15, 0.2) is 0 Å². The summed E-state index contributed by atoms with van der Waals surface area (Å²) in [5.74, 6) is 0.452. The molecule has 0 spiro atoms. The average Bonchev–Trinajstić information content (AvgIpc) is 2.31. The van der Waals surface area contributed by atoms with Gasteiger partial charge in [0.05, 0.1) is 13.2 Å². The predicted octanol–water partition coefficient (Wildman–Crippen LogP) is 2.95. The van der Waals surface area contributed by atoms with Crippen molar-refractivity contribution >= 4 is 0 Å². The van der Waals surface area contributed by atoms with E-state index >= 15 is 0 Å². The van der Waals surface area contributed by atoms with Crippen LogP contribution >= 0.6 is 0 Å². The van der Waals surface area contributed by atoms with E-state index in [1.165, 1.54) is 12.1 Å². The molecule has 0 saturated carbocycles. The first-order valence-electron chi connectivity index (χ1n) is 5.82. The van der Waals surface area contributed by atoms with Crippen molar-refractivity contribution in [3.63, 3.8) is 0 Å². The van der Waals surface area contributed by atoms with E-state index in [1.54, 1.807) is 6.07 Å². The van der Waals surface area contributed by atoms with Crippen LogP contribution in [0.4, 0.5) is 4.39 Å². The summed E-state index contributed by atoms with van der Waals surface area (Å²) in [6.45, 7) is 3.52. The zero-order chi connectivity index (χ0) is 11.4. The Morgan fingerprint density at radius 2 is 2.12 bits per heavy atom. The highest BCUT2D eigenvalue weighted by Gasteiger charge is 2.16. The molecule has 0 bridgehead atoms. The van der Waals surface area contributed by atoms with Crippen LogP contribution in [0.2, 0.25) is 0 Å². The number of hydrogen-bond donors (Lipinski definition) is 0. The fourth-order valence-corrected chi connectivity index (χ4v) is 1.90. The maximum absolute atomic E-state index is 13.1. The summed E-state index contributed by atoms with van der Waals surface area (Å²) in [6.07, 6.45) is 2.80. The molecule has 2 rings (SSSR count). The second kappa shape index (κ2) is 5.30. The minimum Gasteiger partial charge on any atom is -0.490 e. The summed E-state index contributed by atoms with van der Waals surface area (Å²) < 4.78 is 24.2. The van der Waals surface area contributed by atoms with Crippen LogP contribution in [0.5, 0.6) is 5.75 Å². The van der Waals surface area contributed by atoms with Crippen LogP contribution in [-0.4, -0.2) is 19.3 Å². The Balaban J connectivity index is 2.09. The lowest BCUT2D eigenvalue weighted by Gasteiger charge is -2.24. The van der Waals surface area contributed by atoms with Gasteiger partial charge in [-0.05, 0) is 18.1 Å². The van der Waals surface area contributed by atoms with Crippen LogP contribution in [0.3, 0.4) is 0 Å². The minimum absolute atomic E-state index is 0.167. The Labute approximate surface area is 95.4 Å². The molecule has 0 atom stereocenters. The average molecular weight is 224 g/mol. The zero-order valence-electron chi connectivity index (χ0n) is 9.54. The van der Waals surface area contributed by atoms with Crippen molar-refractivity contribution in [2.45, 2.75) is 32.3 Å². The van der Waals surface area contributed by atoms with E-state index in [1.807, 2.05) is 6.92 Å². The molecule has 0 amide bonds. The molecule has 0 N–H and O–H groups in total. The maximum atomic E-state index is 13.1. The number of rotatable bonds is 3.